The van der Waals surface area contributed by atoms with Crippen LogP contribution in [0.2, 0.25) is 0 Å². The van der Waals surface area contributed by atoms with E-state index in [-0.39, 0.29) is 11.6 Å². The van der Waals surface area contributed by atoms with Crippen molar-refractivity contribution in [2.24, 2.45) is 0 Å². The molecule has 0 saturated heterocycles. The summed E-state index contributed by atoms with van der Waals surface area (Å²) in [5.41, 5.74) is 0.209. The van der Waals surface area contributed by atoms with Gasteiger partial charge in [-0.1, -0.05) is 0 Å². The number of aromatic nitrogens is 2. The van der Waals surface area contributed by atoms with Gasteiger partial charge < -0.3 is 10.4 Å². The second kappa shape index (κ2) is 3.91. The molecule has 0 radical (unpaired) electrons. The van der Waals surface area contributed by atoms with Gasteiger partial charge in [-0.2, -0.15) is 5.10 Å². The SMILES string of the molecule is CNC(=O)c1ccn(C(C)C(=O)O)n1. The number of nitrogens with zero attached hydrogens (tertiary/aromatic N) is 2. The van der Waals surface area contributed by atoms with Gasteiger partial charge in [-0.05, 0) is 13.0 Å². The van der Waals surface area contributed by atoms with Crippen molar-refractivity contribution in [3.63, 3.8) is 0 Å². The highest BCUT2D eigenvalue weighted by molar-refractivity contribution is 5.91. The Morgan fingerprint density at radius 3 is 2.79 bits per heavy atom. The molecule has 0 spiro atoms. The maximum atomic E-state index is 11.1. The van der Waals surface area contributed by atoms with Gasteiger partial charge in [0.25, 0.3) is 5.91 Å². The third-order valence-corrected chi connectivity index (χ3v) is 1.82. The van der Waals surface area contributed by atoms with Crippen molar-refractivity contribution < 1.29 is 14.7 Å². The van der Waals surface area contributed by atoms with Gasteiger partial charge in [0.05, 0.1) is 0 Å². The summed E-state index contributed by atoms with van der Waals surface area (Å²) in [5, 5.41) is 14.9. The maximum Gasteiger partial charge on any atom is 0.328 e. The fraction of sp³-hybridized carbons (Fsp3) is 0.375. The minimum absolute atomic E-state index is 0.209. The molecule has 1 amide bonds. The van der Waals surface area contributed by atoms with Crippen molar-refractivity contribution >= 4 is 11.9 Å². The molecule has 1 unspecified atom stereocenters. The zero-order valence-corrected chi connectivity index (χ0v) is 7.89. The number of amides is 1. The zero-order chi connectivity index (χ0) is 10.7. The number of hydrogen-bond acceptors (Lipinski definition) is 3. The molecule has 1 atom stereocenters. The van der Waals surface area contributed by atoms with Crippen LogP contribution in [0.4, 0.5) is 0 Å². The van der Waals surface area contributed by atoms with Crippen molar-refractivity contribution in [1.29, 1.82) is 0 Å². The lowest BCUT2D eigenvalue weighted by Gasteiger charge is -2.05. The van der Waals surface area contributed by atoms with E-state index in [1.165, 1.54) is 30.9 Å². The Bertz CT molecular complexity index is 358. The van der Waals surface area contributed by atoms with Crippen LogP contribution in [0.1, 0.15) is 23.5 Å². The van der Waals surface area contributed by atoms with Crippen LogP contribution >= 0.6 is 0 Å². The third-order valence-electron chi connectivity index (χ3n) is 1.82. The van der Waals surface area contributed by atoms with E-state index < -0.39 is 12.0 Å². The first-order valence-electron chi connectivity index (χ1n) is 4.06. The van der Waals surface area contributed by atoms with Crippen LogP contribution in [0.25, 0.3) is 0 Å². The predicted molar refractivity (Wildman–Crippen MR) is 48.0 cm³/mol. The second-order valence-corrected chi connectivity index (χ2v) is 2.77. The van der Waals surface area contributed by atoms with Gasteiger partial charge in [0, 0.05) is 13.2 Å². The van der Waals surface area contributed by atoms with Crippen LogP contribution in [0.15, 0.2) is 12.3 Å². The Morgan fingerprint density at radius 2 is 2.29 bits per heavy atom. The first kappa shape index (κ1) is 10.2. The summed E-state index contributed by atoms with van der Waals surface area (Å²) in [6.45, 7) is 1.49. The van der Waals surface area contributed by atoms with E-state index in [1.54, 1.807) is 0 Å². The zero-order valence-electron chi connectivity index (χ0n) is 7.89. The van der Waals surface area contributed by atoms with Crippen molar-refractivity contribution in [2.75, 3.05) is 7.05 Å². The number of carboxylic acid groups (broad SMARTS) is 1. The Labute approximate surface area is 80.5 Å². The van der Waals surface area contributed by atoms with Gasteiger partial charge in [-0.15, -0.1) is 0 Å². The maximum absolute atomic E-state index is 11.1. The molecular weight excluding hydrogens is 186 g/mol. The molecule has 0 fully saturated rings. The van der Waals surface area contributed by atoms with E-state index in [2.05, 4.69) is 10.4 Å². The number of carboxylic acids is 1. The first-order valence-corrected chi connectivity index (χ1v) is 4.06. The first-order chi connectivity index (χ1) is 6.56. The number of rotatable bonds is 3. The molecule has 14 heavy (non-hydrogen) atoms. The lowest BCUT2D eigenvalue weighted by atomic mass is 10.3. The van der Waals surface area contributed by atoms with Crippen LogP contribution in [-0.4, -0.2) is 33.8 Å². The molecule has 0 bridgehead atoms. The van der Waals surface area contributed by atoms with E-state index in [0.717, 1.165) is 0 Å². The number of hydrogen-bond donors (Lipinski definition) is 2. The highest BCUT2D eigenvalue weighted by Gasteiger charge is 2.15. The summed E-state index contributed by atoms with van der Waals surface area (Å²) >= 11 is 0. The lowest BCUT2D eigenvalue weighted by molar-refractivity contribution is -0.140. The molecule has 0 aromatic carbocycles. The summed E-state index contributed by atoms with van der Waals surface area (Å²) in [6, 6.07) is 0.701. The average molecular weight is 197 g/mol. The topological polar surface area (TPSA) is 84.2 Å². The number of carbonyl (C=O) groups excluding carboxylic acids is 1. The smallest absolute Gasteiger partial charge is 0.328 e. The summed E-state index contributed by atoms with van der Waals surface area (Å²) in [6.07, 6.45) is 1.46. The number of nitrogens with one attached hydrogen (secondary N) is 1. The van der Waals surface area contributed by atoms with Crippen LogP contribution in [0, 0.1) is 0 Å². The van der Waals surface area contributed by atoms with E-state index in [9.17, 15) is 9.59 Å². The molecule has 1 rings (SSSR count). The Kier molecular flexibility index (Phi) is 2.85. The molecule has 76 valence electrons. The highest BCUT2D eigenvalue weighted by atomic mass is 16.4. The van der Waals surface area contributed by atoms with E-state index in [4.69, 9.17) is 5.11 Å². The van der Waals surface area contributed by atoms with Gasteiger partial charge in [0.1, 0.15) is 11.7 Å². The van der Waals surface area contributed by atoms with Crippen LogP contribution < -0.4 is 5.32 Å². The highest BCUT2D eigenvalue weighted by Crippen LogP contribution is 2.05. The van der Waals surface area contributed by atoms with Crippen LogP contribution in [0.5, 0.6) is 0 Å². The minimum Gasteiger partial charge on any atom is -0.480 e. The molecule has 1 aromatic rings. The van der Waals surface area contributed by atoms with Crippen molar-refractivity contribution in [3.05, 3.63) is 18.0 Å². The fourth-order valence-corrected chi connectivity index (χ4v) is 0.916. The Hall–Kier alpha value is -1.85. The molecular formula is C8H11N3O3. The number of aliphatic carboxylic acids is 1. The molecule has 6 heteroatoms. The molecule has 0 saturated carbocycles. The fourth-order valence-electron chi connectivity index (χ4n) is 0.916. The van der Waals surface area contributed by atoms with Crippen molar-refractivity contribution in [2.45, 2.75) is 13.0 Å². The van der Waals surface area contributed by atoms with Gasteiger partial charge in [-0.3, -0.25) is 9.48 Å². The summed E-state index contributed by atoms with van der Waals surface area (Å²) < 4.78 is 1.23. The van der Waals surface area contributed by atoms with Crippen molar-refractivity contribution in [1.82, 2.24) is 15.1 Å². The largest absolute Gasteiger partial charge is 0.480 e. The summed E-state index contributed by atoms with van der Waals surface area (Å²) in [5.74, 6) is -1.32. The number of carbonyl (C=O) groups is 2. The van der Waals surface area contributed by atoms with E-state index in [0.29, 0.717) is 0 Å². The van der Waals surface area contributed by atoms with Gasteiger partial charge in [0.15, 0.2) is 0 Å². The predicted octanol–water partition coefficient (Wildman–Crippen LogP) is -0.112. The van der Waals surface area contributed by atoms with Gasteiger partial charge in [0.2, 0.25) is 0 Å². The van der Waals surface area contributed by atoms with Gasteiger partial charge >= 0.3 is 5.97 Å². The second-order valence-electron chi connectivity index (χ2n) is 2.77. The molecule has 1 heterocycles. The lowest BCUT2D eigenvalue weighted by Crippen LogP contribution is -2.20. The molecule has 0 aliphatic carbocycles. The molecule has 6 nitrogen and oxygen atoms in total. The van der Waals surface area contributed by atoms with Crippen molar-refractivity contribution in [3.8, 4) is 0 Å². The monoisotopic (exact) mass is 197 g/mol. The Morgan fingerprint density at radius 1 is 1.64 bits per heavy atom. The van der Waals surface area contributed by atoms with Crippen LogP contribution in [0.3, 0.4) is 0 Å². The Balaban J connectivity index is 2.88. The van der Waals surface area contributed by atoms with E-state index >= 15 is 0 Å². The molecule has 0 aliphatic heterocycles. The minimum atomic E-state index is -0.989. The van der Waals surface area contributed by atoms with E-state index in [1.807, 2.05) is 0 Å². The summed E-state index contributed by atoms with van der Waals surface area (Å²) in [4.78, 5) is 21.7. The molecule has 2 N–H and O–H groups in total. The van der Waals surface area contributed by atoms with Gasteiger partial charge in [-0.25, -0.2) is 4.79 Å². The quantitative estimate of drug-likeness (QED) is 0.708. The standard InChI is InChI=1S/C8H11N3O3/c1-5(8(13)14)11-4-3-6(10-11)7(12)9-2/h3-5H,1-2H3,(H,9,12)(H,13,14). The molecule has 0 aliphatic rings. The van der Waals surface area contributed by atoms with Crippen LogP contribution in [-0.2, 0) is 4.79 Å². The summed E-state index contributed by atoms with van der Waals surface area (Å²) in [7, 11) is 1.49. The molecule has 1 aromatic heterocycles. The normalized spacial score (nSPS) is 12.1. The third kappa shape index (κ3) is 1.90. The average Bonchev–Trinajstić information content (AvgIpc) is 2.64.